The molecule has 1 fully saturated rings. The van der Waals surface area contributed by atoms with E-state index < -0.39 is 0 Å². The van der Waals surface area contributed by atoms with Crippen LogP contribution in [-0.2, 0) is 0 Å². The second-order valence-electron chi connectivity index (χ2n) is 6.52. The average Bonchev–Trinajstić information content (AvgIpc) is 2.83. The molecule has 1 unspecified atom stereocenters. The Morgan fingerprint density at radius 2 is 2.10 bits per heavy atom. The lowest BCUT2D eigenvalue weighted by atomic mass is 10.1. The number of hydrogen-bond acceptors (Lipinski definition) is 2. The number of nitrogens with zero attached hydrogens (tertiary/aromatic N) is 2. The van der Waals surface area contributed by atoms with Crippen LogP contribution < -0.4 is 11.1 Å². The first kappa shape index (κ1) is 21.0. The lowest BCUT2D eigenvalue weighted by Crippen LogP contribution is -2.33. The van der Waals surface area contributed by atoms with Crippen LogP contribution in [0.15, 0.2) is 4.99 Å². The number of unbranched alkanes of at least 4 members (excludes halogenated alkanes) is 3. The van der Waals surface area contributed by atoms with Crippen LogP contribution in [0.1, 0.15) is 52.9 Å². The largest absolute Gasteiger partial charge is 0.370 e. The van der Waals surface area contributed by atoms with Gasteiger partial charge in [0.2, 0.25) is 0 Å². The summed E-state index contributed by atoms with van der Waals surface area (Å²) in [6.45, 7) is 12.3. The van der Waals surface area contributed by atoms with E-state index in [-0.39, 0.29) is 24.0 Å². The molecule has 3 N–H and O–H groups in total. The summed E-state index contributed by atoms with van der Waals surface area (Å²) in [6.07, 6.45) is 6.32. The van der Waals surface area contributed by atoms with Crippen molar-refractivity contribution in [3.05, 3.63) is 0 Å². The zero-order valence-electron chi connectivity index (χ0n) is 14.1. The van der Waals surface area contributed by atoms with Gasteiger partial charge in [0.1, 0.15) is 0 Å². The van der Waals surface area contributed by atoms with E-state index in [2.05, 4.69) is 36.0 Å². The zero-order valence-corrected chi connectivity index (χ0v) is 16.4. The first-order chi connectivity index (χ1) is 9.61. The topological polar surface area (TPSA) is 53.6 Å². The molecule has 5 heteroatoms. The summed E-state index contributed by atoms with van der Waals surface area (Å²) in [5.74, 6) is 2.07. The van der Waals surface area contributed by atoms with Gasteiger partial charge in [0, 0.05) is 26.2 Å². The third kappa shape index (κ3) is 10.3. The summed E-state index contributed by atoms with van der Waals surface area (Å²) in [4.78, 5) is 7.05. The molecule has 21 heavy (non-hydrogen) atoms. The minimum atomic E-state index is 0. The fraction of sp³-hybridized carbons (Fsp3) is 0.938. The molecule has 4 nitrogen and oxygen atoms in total. The van der Waals surface area contributed by atoms with Gasteiger partial charge >= 0.3 is 0 Å². The van der Waals surface area contributed by atoms with E-state index in [1.165, 1.54) is 51.7 Å². The predicted octanol–water partition coefficient (Wildman–Crippen LogP) is 3.07. The molecule has 0 aromatic carbocycles. The van der Waals surface area contributed by atoms with Crippen LogP contribution in [0.4, 0.5) is 0 Å². The van der Waals surface area contributed by atoms with Gasteiger partial charge < -0.3 is 16.0 Å². The van der Waals surface area contributed by atoms with Crippen LogP contribution in [0.25, 0.3) is 0 Å². The maximum atomic E-state index is 5.91. The van der Waals surface area contributed by atoms with Gasteiger partial charge in [-0.1, -0.05) is 40.0 Å². The molecule has 0 radical (unpaired) electrons. The normalized spacial score (nSPS) is 19.8. The Balaban J connectivity index is 0.00000400. The van der Waals surface area contributed by atoms with Crippen LogP contribution in [-0.4, -0.2) is 43.6 Å². The average molecular weight is 410 g/mol. The van der Waals surface area contributed by atoms with Crippen molar-refractivity contribution in [3.63, 3.8) is 0 Å². The lowest BCUT2D eigenvalue weighted by Gasteiger charge is -2.17. The van der Waals surface area contributed by atoms with E-state index in [1.54, 1.807) is 0 Å². The highest BCUT2D eigenvalue weighted by molar-refractivity contribution is 14.0. The van der Waals surface area contributed by atoms with Crippen LogP contribution in [0, 0.1) is 11.8 Å². The maximum Gasteiger partial charge on any atom is 0.188 e. The van der Waals surface area contributed by atoms with E-state index in [4.69, 9.17) is 5.73 Å². The van der Waals surface area contributed by atoms with E-state index in [9.17, 15) is 0 Å². The van der Waals surface area contributed by atoms with Gasteiger partial charge in [0.15, 0.2) is 5.96 Å². The van der Waals surface area contributed by atoms with Crippen molar-refractivity contribution in [2.75, 3.05) is 32.7 Å². The quantitative estimate of drug-likeness (QED) is 0.266. The molecule has 1 aliphatic heterocycles. The summed E-state index contributed by atoms with van der Waals surface area (Å²) in [6, 6.07) is 0. The third-order valence-corrected chi connectivity index (χ3v) is 3.85. The van der Waals surface area contributed by atoms with Gasteiger partial charge in [0.25, 0.3) is 0 Å². The Kier molecular flexibility index (Phi) is 12.5. The summed E-state index contributed by atoms with van der Waals surface area (Å²) >= 11 is 0. The smallest absolute Gasteiger partial charge is 0.188 e. The van der Waals surface area contributed by atoms with Crippen LogP contribution in [0.3, 0.4) is 0 Å². The second-order valence-corrected chi connectivity index (χ2v) is 6.52. The maximum absolute atomic E-state index is 5.91. The van der Waals surface area contributed by atoms with Crippen molar-refractivity contribution < 1.29 is 0 Å². The molecule has 126 valence electrons. The van der Waals surface area contributed by atoms with E-state index in [1.807, 2.05) is 0 Å². The molecule has 1 rings (SSSR count). The summed E-state index contributed by atoms with van der Waals surface area (Å²) in [5.41, 5.74) is 5.91. The van der Waals surface area contributed by atoms with Crippen LogP contribution >= 0.6 is 24.0 Å². The molecule has 0 aromatic heterocycles. The second kappa shape index (κ2) is 12.5. The Hall–Kier alpha value is -0.0400. The van der Waals surface area contributed by atoms with Crippen molar-refractivity contribution in [2.24, 2.45) is 22.6 Å². The molecule has 0 bridgehead atoms. The number of nitrogens with one attached hydrogen (secondary N) is 1. The number of halogens is 1. The summed E-state index contributed by atoms with van der Waals surface area (Å²) in [5, 5.41) is 3.22. The van der Waals surface area contributed by atoms with Crippen molar-refractivity contribution in [3.8, 4) is 0 Å². The van der Waals surface area contributed by atoms with Gasteiger partial charge in [-0.3, -0.25) is 4.99 Å². The molecule has 1 heterocycles. The van der Waals surface area contributed by atoms with Gasteiger partial charge in [-0.25, -0.2) is 0 Å². The fourth-order valence-corrected chi connectivity index (χ4v) is 2.80. The SMILES string of the molecule is CCCCCCNC(N)=NCC1CCN(CC(C)C)C1.I. The fourth-order valence-electron chi connectivity index (χ4n) is 2.80. The van der Waals surface area contributed by atoms with Crippen molar-refractivity contribution in [1.29, 1.82) is 0 Å². The predicted molar refractivity (Wildman–Crippen MR) is 103 cm³/mol. The molecule has 0 saturated carbocycles. The Labute approximate surface area is 148 Å². The summed E-state index contributed by atoms with van der Waals surface area (Å²) < 4.78 is 0. The van der Waals surface area contributed by atoms with Crippen molar-refractivity contribution in [1.82, 2.24) is 10.2 Å². The van der Waals surface area contributed by atoms with E-state index >= 15 is 0 Å². The first-order valence-corrected chi connectivity index (χ1v) is 8.38. The zero-order chi connectivity index (χ0) is 14.8. The Morgan fingerprint density at radius 3 is 2.76 bits per heavy atom. The number of likely N-dealkylation sites (tertiary alicyclic amines) is 1. The molecule has 0 aliphatic carbocycles. The monoisotopic (exact) mass is 410 g/mol. The molecule has 1 aliphatic rings. The van der Waals surface area contributed by atoms with Crippen molar-refractivity contribution in [2.45, 2.75) is 52.9 Å². The molecule has 1 saturated heterocycles. The minimum absolute atomic E-state index is 0. The Morgan fingerprint density at radius 1 is 1.33 bits per heavy atom. The highest BCUT2D eigenvalue weighted by Gasteiger charge is 2.22. The minimum Gasteiger partial charge on any atom is -0.370 e. The first-order valence-electron chi connectivity index (χ1n) is 8.38. The van der Waals surface area contributed by atoms with Gasteiger partial charge in [-0.2, -0.15) is 0 Å². The number of nitrogens with two attached hydrogens (primary N) is 1. The standard InChI is InChI=1S/C16H34N4.HI/c1-4-5-6-7-9-18-16(17)19-11-15-8-10-20(13-15)12-14(2)3;/h14-15H,4-13H2,1-3H3,(H3,17,18,19);1H. The van der Waals surface area contributed by atoms with Crippen LogP contribution in [0.2, 0.25) is 0 Å². The lowest BCUT2D eigenvalue weighted by molar-refractivity contribution is 0.288. The number of hydrogen-bond donors (Lipinski definition) is 2. The number of guanidine groups is 1. The van der Waals surface area contributed by atoms with Gasteiger partial charge in [-0.05, 0) is 31.2 Å². The number of aliphatic imine (C=N–C) groups is 1. The molecular formula is C16H35IN4. The Bertz CT molecular complexity index is 281. The van der Waals surface area contributed by atoms with Crippen LogP contribution in [0.5, 0.6) is 0 Å². The summed E-state index contributed by atoms with van der Waals surface area (Å²) in [7, 11) is 0. The number of rotatable bonds is 9. The molecule has 0 spiro atoms. The third-order valence-electron chi connectivity index (χ3n) is 3.85. The highest BCUT2D eigenvalue weighted by atomic mass is 127. The van der Waals surface area contributed by atoms with Crippen molar-refractivity contribution >= 4 is 29.9 Å². The molecule has 0 aromatic rings. The molecule has 1 atom stereocenters. The molecule has 0 amide bonds. The van der Waals surface area contributed by atoms with Gasteiger partial charge in [0.05, 0.1) is 0 Å². The van der Waals surface area contributed by atoms with E-state index in [0.29, 0.717) is 11.9 Å². The van der Waals surface area contributed by atoms with Gasteiger partial charge in [-0.15, -0.1) is 24.0 Å². The van der Waals surface area contributed by atoms with E-state index in [0.717, 1.165) is 19.0 Å². The molecular weight excluding hydrogens is 375 g/mol. The highest BCUT2D eigenvalue weighted by Crippen LogP contribution is 2.17.